The summed E-state index contributed by atoms with van der Waals surface area (Å²) in [5, 5.41) is 9.21. The Balaban J connectivity index is 0.00000420. The average molecular weight is 521 g/mol. The van der Waals surface area contributed by atoms with Crippen LogP contribution in [0.25, 0.3) is 0 Å². The van der Waals surface area contributed by atoms with Crippen molar-refractivity contribution in [1.29, 1.82) is 0 Å². The Bertz CT molecular complexity index is 668. The molecular weight excluding hydrogens is 488 g/mol. The van der Waals surface area contributed by atoms with E-state index in [-0.39, 0.29) is 35.7 Å². The van der Waals surface area contributed by atoms with Crippen LogP contribution >= 0.6 is 24.0 Å². The molecule has 1 atom stereocenters. The van der Waals surface area contributed by atoms with Crippen molar-refractivity contribution in [2.75, 3.05) is 52.5 Å². The largest absolute Gasteiger partial charge is 0.379 e. The second-order valence-electron chi connectivity index (χ2n) is 6.86. The van der Waals surface area contributed by atoms with Gasteiger partial charge in [0.15, 0.2) is 5.96 Å². The lowest BCUT2D eigenvalue weighted by atomic mass is 10.1. The molecule has 0 bridgehead atoms. The van der Waals surface area contributed by atoms with Crippen LogP contribution in [0.5, 0.6) is 0 Å². The van der Waals surface area contributed by atoms with Crippen LogP contribution in [-0.2, 0) is 4.74 Å². The van der Waals surface area contributed by atoms with Gasteiger partial charge in [0.2, 0.25) is 0 Å². The number of hydrogen-bond donors (Lipinski definition) is 3. The summed E-state index contributed by atoms with van der Waals surface area (Å²) in [5.41, 5.74) is 0.846. The molecule has 1 unspecified atom stereocenters. The zero-order chi connectivity index (χ0) is 20.4. The summed E-state index contributed by atoms with van der Waals surface area (Å²) in [6.07, 6.45) is 0. The van der Waals surface area contributed by atoms with Crippen LogP contribution in [0.1, 0.15) is 29.8 Å². The first kappa shape index (κ1) is 25.6. The summed E-state index contributed by atoms with van der Waals surface area (Å²) in [4.78, 5) is 19.1. The minimum Gasteiger partial charge on any atom is -0.379 e. The number of nitrogens with one attached hydrogen (secondary N) is 3. The van der Waals surface area contributed by atoms with Gasteiger partial charge in [0.05, 0.1) is 19.8 Å². The molecule has 0 saturated carbocycles. The molecule has 0 radical (unpaired) electrons. The van der Waals surface area contributed by atoms with E-state index in [1.54, 1.807) is 19.1 Å². The van der Waals surface area contributed by atoms with Crippen molar-refractivity contribution >= 4 is 35.8 Å². The molecule has 1 aromatic carbocycles. The van der Waals surface area contributed by atoms with Crippen molar-refractivity contribution in [3.05, 3.63) is 35.1 Å². The number of guanidine groups is 1. The van der Waals surface area contributed by atoms with Gasteiger partial charge < -0.3 is 20.7 Å². The van der Waals surface area contributed by atoms with Crippen molar-refractivity contribution in [2.24, 2.45) is 4.99 Å². The summed E-state index contributed by atoms with van der Waals surface area (Å²) >= 11 is 0. The van der Waals surface area contributed by atoms with Gasteiger partial charge in [-0.05, 0) is 38.5 Å². The van der Waals surface area contributed by atoms with E-state index in [1.807, 2.05) is 6.92 Å². The normalized spacial score (nSPS) is 15.9. The van der Waals surface area contributed by atoms with Gasteiger partial charge >= 0.3 is 0 Å². The van der Waals surface area contributed by atoms with E-state index in [4.69, 9.17) is 4.74 Å². The summed E-state index contributed by atoms with van der Waals surface area (Å²) in [6.45, 7) is 11.7. The van der Waals surface area contributed by atoms with Gasteiger partial charge in [-0.15, -0.1) is 24.0 Å². The van der Waals surface area contributed by atoms with Crippen molar-refractivity contribution in [3.8, 4) is 0 Å². The third kappa shape index (κ3) is 8.83. The SMILES string of the molecule is CCNC(=NCC(C)N1CCOCC1)NCCNC(=O)c1ccc(C)c(F)c1.I. The maximum absolute atomic E-state index is 13.6. The molecule has 7 nitrogen and oxygen atoms in total. The van der Waals surface area contributed by atoms with Gasteiger partial charge in [-0.3, -0.25) is 14.7 Å². The molecule has 0 aliphatic carbocycles. The van der Waals surface area contributed by atoms with Crippen LogP contribution in [0.15, 0.2) is 23.2 Å². The van der Waals surface area contributed by atoms with E-state index >= 15 is 0 Å². The molecule has 1 fully saturated rings. The monoisotopic (exact) mass is 521 g/mol. The number of rotatable bonds is 8. The number of carbonyl (C=O) groups is 1. The molecular formula is C20H33FIN5O2. The van der Waals surface area contributed by atoms with Gasteiger partial charge in [0, 0.05) is 44.3 Å². The number of ether oxygens (including phenoxy) is 1. The highest BCUT2D eigenvalue weighted by Gasteiger charge is 2.16. The Labute approximate surface area is 189 Å². The van der Waals surface area contributed by atoms with E-state index in [9.17, 15) is 9.18 Å². The summed E-state index contributed by atoms with van der Waals surface area (Å²) in [6, 6.07) is 4.83. The Morgan fingerprint density at radius 3 is 2.59 bits per heavy atom. The highest BCUT2D eigenvalue weighted by molar-refractivity contribution is 14.0. The molecule has 9 heteroatoms. The van der Waals surface area contributed by atoms with Crippen LogP contribution in [0.2, 0.25) is 0 Å². The first-order valence-electron chi connectivity index (χ1n) is 9.89. The van der Waals surface area contributed by atoms with Crippen LogP contribution in [0.4, 0.5) is 4.39 Å². The van der Waals surface area contributed by atoms with Crippen LogP contribution in [0.3, 0.4) is 0 Å². The Kier molecular flexibility index (Phi) is 12.1. The van der Waals surface area contributed by atoms with Gasteiger partial charge in [-0.1, -0.05) is 6.07 Å². The molecule has 2 rings (SSSR count). The van der Waals surface area contributed by atoms with Crippen molar-refractivity contribution in [1.82, 2.24) is 20.9 Å². The number of carbonyl (C=O) groups excluding carboxylic acids is 1. The molecule has 1 aliphatic rings. The number of hydrogen-bond acceptors (Lipinski definition) is 4. The molecule has 0 aromatic heterocycles. The van der Waals surface area contributed by atoms with E-state index < -0.39 is 0 Å². The Morgan fingerprint density at radius 1 is 1.24 bits per heavy atom. The fraction of sp³-hybridized carbons (Fsp3) is 0.600. The fourth-order valence-corrected chi connectivity index (χ4v) is 2.89. The van der Waals surface area contributed by atoms with Crippen molar-refractivity contribution in [3.63, 3.8) is 0 Å². The topological polar surface area (TPSA) is 78.0 Å². The minimum atomic E-state index is -0.373. The lowest BCUT2D eigenvalue weighted by molar-refractivity contribution is 0.0220. The van der Waals surface area contributed by atoms with Crippen LogP contribution in [-0.4, -0.2) is 75.3 Å². The molecule has 1 aromatic rings. The molecule has 0 spiro atoms. The predicted octanol–water partition coefficient (Wildman–Crippen LogP) is 1.76. The fourth-order valence-electron chi connectivity index (χ4n) is 2.89. The molecule has 1 aliphatic heterocycles. The number of amides is 1. The number of aryl methyl sites for hydroxylation is 1. The number of benzene rings is 1. The van der Waals surface area contributed by atoms with Crippen molar-refractivity contribution < 1.29 is 13.9 Å². The smallest absolute Gasteiger partial charge is 0.251 e. The first-order valence-corrected chi connectivity index (χ1v) is 9.89. The third-order valence-corrected chi connectivity index (χ3v) is 4.66. The molecule has 1 heterocycles. The molecule has 164 valence electrons. The second kappa shape index (κ2) is 13.7. The number of aliphatic imine (C=N–C) groups is 1. The summed E-state index contributed by atoms with van der Waals surface area (Å²) in [5.74, 6) is 0.0588. The molecule has 3 N–H and O–H groups in total. The molecule has 29 heavy (non-hydrogen) atoms. The Morgan fingerprint density at radius 2 is 1.93 bits per heavy atom. The van der Waals surface area contributed by atoms with Crippen molar-refractivity contribution in [2.45, 2.75) is 26.8 Å². The number of halogens is 2. The third-order valence-electron chi connectivity index (χ3n) is 4.66. The summed E-state index contributed by atoms with van der Waals surface area (Å²) in [7, 11) is 0. The Hall–Kier alpha value is -1.46. The van der Waals surface area contributed by atoms with Crippen LogP contribution in [0, 0.1) is 12.7 Å². The maximum Gasteiger partial charge on any atom is 0.251 e. The first-order chi connectivity index (χ1) is 13.5. The zero-order valence-electron chi connectivity index (χ0n) is 17.5. The molecule has 1 saturated heterocycles. The van der Waals surface area contributed by atoms with Gasteiger partial charge in [0.25, 0.3) is 5.91 Å². The lowest BCUT2D eigenvalue weighted by Gasteiger charge is -2.31. The van der Waals surface area contributed by atoms with Crippen LogP contribution < -0.4 is 16.0 Å². The zero-order valence-corrected chi connectivity index (χ0v) is 19.8. The van der Waals surface area contributed by atoms with E-state index in [1.165, 1.54) is 6.07 Å². The second-order valence-corrected chi connectivity index (χ2v) is 6.86. The minimum absolute atomic E-state index is 0. The predicted molar refractivity (Wildman–Crippen MR) is 125 cm³/mol. The average Bonchev–Trinajstić information content (AvgIpc) is 2.71. The quantitative estimate of drug-likeness (QED) is 0.211. The van der Waals surface area contributed by atoms with Gasteiger partial charge in [-0.2, -0.15) is 0 Å². The lowest BCUT2D eigenvalue weighted by Crippen LogP contribution is -2.45. The van der Waals surface area contributed by atoms with E-state index in [2.05, 4.69) is 32.8 Å². The van der Waals surface area contributed by atoms with E-state index in [0.29, 0.717) is 36.8 Å². The van der Waals surface area contributed by atoms with E-state index in [0.717, 1.165) is 38.8 Å². The maximum atomic E-state index is 13.6. The van der Waals surface area contributed by atoms with Gasteiger partial charge in [0.1, 0.15) is 5.82 Å². The standard InChI is InChI=1S/C20H32FN5O2.HI/c1-4-22-20(25-14-16(3)26-9-11-28-12-10-26)24-8-7-23-19(27)17-6-5-15(2)18(21)13-17;/h5-6,13,16H,4,7-12,14H2,1-3H3,(H,23,27)(H2,22,24,25);1H. The summed E-state index contributed by atoms with van der Waals surface area (Å²) < 4.78 is 19.0. The number of nitrogens with zero attached hydrogens (tertiary/aromatic N) is 2. The number of morpholine rings is 1. The van der Waals surface area contributed by atoms with Gasteiger partial charge in [-0.25, -0.2) is 4.39 Å². The molecule has 1 amide bonds. The highest BCUT2D eigenvalue weighted by Crippen LogP contribution is 2.08. The highest BCUT2D eigenvalue weighted by atomic mass is 127.